The maximum Gasteiger partial charge on any atom is 0.242 e. The molecule has 2 amide bonds. The third-order valence-electron chi connectivity index (χ3n) is 7.74. The van der Waals surface area contributed by atoms with Crippen LogP contribution in [0.15, 0.2) is 65.8 Å². The van der Waals surface area contributed by atoms with Crippen molar-refractivity contribution >= 4 is 28.2 Å². The van der Waals surface area contributed by atoms with Crippen LogP contribution in [0.2, 0.25) is 0 Å². The van der Waals surface area contributed by atoms with Crippen LogP contribution in [-0.2, 0) is 31.8 Å². The van der Waals surface area contributed by atoms with Gasteiger partial charge in [-0.1, -0.05) is 60.7 Å². The van der Waals surface area contributed by atoms with E-state index in [-0.39, 0.29) is 30.5 Å². The molecule has 0 radical (unpaired) electrons. The van der Waals surface area contributed by atoms with Crippen molar-refractivity contribution in [3.05, 3.63) is 71.8 Å². The first-order valence-corrected chi connectivity index (χ1v) is 15.5. The van der Waals surface area contributed by atoms with Gasteiger partial charge in [0, 0.05) is 26.2 Å². The Bertz CT molecular complexity index is 1340. The van der Waals surface area contributed by atoms with Gasteiger partial charge in [0.15, 0.2) is 6.19 Å². The van der Waals surface area contributed by atoms with Gasteiger partial charge in [0.25, 0.3) is 0 Å². The summed E-state index contributed by atoms with van der Waals surface area (Å²) in [5, 5.41) is 12.5. The van der Waals surface area contributed by atoms with Crippen molar-refractivity contribution in [2.75, 3.05) is 26.2 Å². The standard InChI is InChI=1S/C29H37N7O4S/c30-21-32-33-22-34-16-13-24(14-17-34)19-36(41(39,40)20-25-10-5-2-6-11-25)27(18-23-8-3-1-4-9-23)29(38)35-15-7-12-26(35)28(31)37/h1-6,8-11,22,24,26-27,32H,7,12-20H2,(H2,31,37)/t26-,27+/m0/s1. The predicted octanol–water partition coefficient (Wildman–Crippen LogP) is 1.63. The maximum atomic E-state index is 14.2. The Hall–Kier alpha value is -3.95. The van der Waals surface area contributed by atoms with Gasteiger partial charge < -0.3 is 15.5 Å². The Morgan fingerprint density at radius 3 is 2.29 bits per heavy atom. The van der Waals surface area contributed by atoms with E-state index in [1.165, 1.54) is 9.21 Å². The minimum atomic E-state index is -3.95. The smallest absolute Gasteiger partial charge is 0.242 e. The summed E-state index contributed by atoms with van der Waals surface area (Å²) in [6.07, 6.45) is 5.98. The van der Waals surface area contributed by atoms with E-state index in [4.69, 9.17) is 11.0 Å². The topological polar surface area (TPSA) is 152 Å². The van der Waals surface area contributed by atoms with E-state index in [0.717, 1.165) is 5.56 Å². The van der Waals surface area contributed by atoms with E-state index < -0.39 is 28.0 Å². The molecule has 4 rings (SSSR count). The summed E-state index contributed by atoms with van der Waals surface area (Å²) in [4.78, 5) is 29.8. The van der Waals surface area contributed by atoms with Gasteiger partial charge in [-0.25, -0.2) is 13.8 Å². The molecule has 218 valence electrons. The van der Waals surface area contributed by atoms with Gasteiger partial charge in [-0.2, -0.15) is 14.7 Å². The van der Waals surface area contributed by atoms with Gasteiger partial charge in [-0.15, -0.1) is 0 Å². The van der Waals surface area contributed by atoms with Crippen molar-refractivity contribution < 1.29 is 18.0 Å². The fourth-order valence-electron chi connectivity index (χ4n) is 5.61. The Morgan fingerprint density at radius 2 is 1.68 bits per heavy atom. The van der Waals surface area contributed by atoms with Gasteiger partial charge in [0.1, 0.15) is 18.4 Å². The van der Waals surface area contributed by atoms with Crippen LogP contribution in [0.1, 0.15) is 36.8 Å². The summed E-state index contributed by atoms with van der Waals surface area (Å²) >= 11 is 0. The molecule has 2 aliphatic rings. The van der Waals surface area contributed by atoms with Crippen molar-refractivity contribution in [1.29, 1.82) is 5.26 Å². The summed E-state index contributed by atoms with van der Waals surface area (Å²) in [6, 6.07) is 16.5. The van der Waals surface area contributed by atoms with Crippen LogP contribution in [0.25, 0.3) is 0 Å². The lowest BCUT2D eigenvalue weighted by Crippen LogP contribution is -2.56. The number of amides is 2. The molecule has 0 aliphatic carbocycles. The number of piperidine rings is 1. The second kappa shape index (κ2) is 14.1. The van der Waals surface area contributed by atoms with Gasteiger partial charge in [0.2, 0.25) is 21.8 Å². The van der Waals surface area contributed by atoms with Crippen molar-refractivity contribution in [1.82, 2.24) is 19.5 Å². The van der Waals surface area contributed by atoms with Crippen LogP contribution in [0.3, 0.4) is 0 Å². The monoisotopic (exact) mass is 579 g/mol. The number of nitrogens with one attached hydrogen (secondary N) is 1. The molecule has 3 N–H and O–H groups in total. The molecule has 2 aliphatic heterocycles. The number of hydrogen-bond acceptors (Lipinski definition) is 7. The van der Waals surface area contributed by atoms with Crippen molar-refractivity contribution in [3.8, 4) is 6.19 Å². The zero-order valence-corrected chi connectivity index (χ0v) is 23.8. The van der Waals surface area contributed by atoms with Crippen LogP contribution in [0, 0.1) is 17.4 Å². The quantitative estimate of drug-likeness (QED) is 0.127. The number of carbonyl (C=O) groups excluding carboxylic acids is 2. The molecule has 2 saturated heterocycles. The summed E-state index contributed by atoms with van der Waals surface area (Å²) in [5.74, 6) is -1.20. The fraction of sp³-hybridized carbons (Fsp3) is 0.448. The minimum Gasteiger partial charge on any atom is -0.368 e. The first kappa shape index (κ1) is 30.0. The number of hydrogen-bond donors (Lipinski definition) is 2. The van der Waals surface area contributed by atoms with E-state index in [0.29, 0.717) is 50.9 Å². The first-order chi connectivity index (χ1) is 19.8. The second-order valence-electron chi connectivity index (χ2n) is 10.6. The minimum absolute atomic E-state index is 0.00529. The maximum absolute atomic E-state index is 14.2. The van der Waals surface area contributed by atoms with Crippen LogP contribution < -0.4 is 11.2 Å². The molecule has 2 heterocycles. The summed E-state index contributed by atoms with van der Waals surface area (Å²) in [5.41, 5.74) is 9.35. The van der Waals surface area contributed by atoms with Gasteiger partial charge in [-0.05, 0) is 49.1 Å². The average molecular weight is 580 g/mol. The van der Waals surface area contributed by atoms with E-state index in [1.807, 2.05) is 41.3 Å². The van der Waals surface area contributed by atoms with Crippen molar-refractivity contribution in [2.24, 2.45) is 16.8 Å². The number of likely N-dealkylation sites (tertiary alicyclic amines) is 2. The number of nitrogens with two attached hydrogens (primary N) is 1. The van der Waals surface area contributed by atoms with Gasteiger partial charge >= 0.3 is 0 Å². The van der Waals surface area contributed by atoms with Crippen molar-refractivity contribution in [2.45, 2.75) is 49.9 Å². The van der Waals surface area contributed by atoms with E-state index in [9.17, 15) is 18.0 Å². The Labute approximate surface area is 241 Å². The highest BCUT2D eigenvalue weighted by Crippen LogP contribution is 2.27. The van der Waals surface area contributed by atoms with Crippen LogP contribution in [-0.4, -0.2) is 78.9 Å². The average Bonchev–Trinajstić information content (AvgIpc) is 3.47. The number of nitriles is 1. The molecule has 0 bridgehead atoms. The highest BCUT2D eigenvalue weighted by Gasteiger charge is 2.42. The number of sulfonamides is 1. The largest absolute Gasteiger partial charge is 0.368 e. The van der Waals surface area contributed by atoms with E-state index in [2.05, 4.69) is 10.5 Å². The Kier molecular flexibility index (Phi) is 10.3. The Balaban J connectivity index is 1.66. The number of nitrogens with zero attached hydrogens (tertiary/aromatic N) is 5. The number of hydrazone groups is 1. The number of primary amides is 1. The second-order valence-corrected chi connectivity index (χ2v) is 12.5. The molecule has 0 spiro atoms. The predicted molar refractivity (Wildman–Crippen MR) is 155 cm³/mol. The molecule has 11 nitrogen and oxygen atoms in total. The lowest BCUT2D eigenvalue weighted by molar-refractivity contribution is -0.140. The molecule has 2 aromatic rings. The molecule has 0 aromatic heterocycles. The number of carbonyl (C=O) groups is 2. The van der Waals surface area contributed by atoms with Crippen LogP contribution >= 0.6 is 0 Å². The zero-order chi connectivity index (χ0) is 29.2. The summed E-state index contributed by atoms with van der Waals surface area (Å²) in [7, 11) is -3.95. The molecular formula is C29H37N7O4S. The van der Waals surface area contributed by atoms with Gasteiger partial charge in [0.05, 0.1) is 5.75 Å². The molecule has 0 saturated carbocycles. The molecule has 0 unspecified atom stereocenters. The lowest BCUT2D eigenvalue weighted by atomic mass is 9.96. The van der Waals surface area contributed by atoms with Gasteiger partial charge in [-0.3, -0.25) is 9.59 Å². The van der Waals surface area contributed by atoms with Crippen LogP contribution in [0.5, 0.6) is 0 Å². The van der Waals surface area contributed by atoms with E-state index >= 15 is 0 Å². The Morgan fingerprint density at radius 1 is 1.05 bits per heavy atom. The summed E-state index contributed by atoms with van der Waals surface area (Å²) < 4.78 is 29.7. The third kappa shape index (κ3) is 8.05. The molecular weight excluding hydrogens is 542 g/mol. The van der Waals surface area contributed by atoms with Crippen molar-refractivity contribution in [3.63, 3.8) is 0 Å². The first-order valence-electron chi connectivity index (χ1n) is 13.9. The molecule has 41 heavy (non-hydrogen) atoms. The summed E-state index contributed by atoms with van der Waals surface area (Å²) in [6.45, 7) is 1.82. The zero-order valence-electron chi connectivity index (χ0n) is 23.0. The highest BCUT2D eigenvalue weighted by molar-refractivity contribution is 7.88. The molecule has 12 heteroatoms. The molecule has 2 aromatic carbocycles. The van der Waals surface area contributed by atoms with E-state index in [1.54, 1.807) is 36.8 Å². The number of rotatable bonds is 12. The highest BCUT2D eigenvalue weighted by atomic mass is 32.2. The third-order valence-corrected chi connectivity index (χ3v) is 9.56. The normalized spacial score (nSPS) is 18.9. The number of benzene rings is 2. The lowest BCUT2D eigenvalue weighted by Gasteiger charge is -2.38. The molecule has 2 atom stereocenters. The molecule has 2 fully saturated rings. The fourth-order valence-corrected chi connectivity index (χ4v) is 7.38. The van der Waals surface area contributed by atoms with Crippen LogP contribution in [0.4, 0.5) is 0 Å². The SMILES string of the molecule is N#CNN=CN1CCC(CN([C@H](Cc2ccccc2)C(=O)N2CCC[C@H]2C(N)=O)S(=O)(=O)Cc2ccccc2)CC1.